The molecule has 8 nitrogen and oxygen atoms in total. The number of fused-ring (bicyclic) bond motifs is 2. The van der Waals surface area contributed by atoms with Crippen LogP contribution >= 0.6 is 0 Å². The first kappa shape index (κ1) is 20.7. The van der Waals surface area contributed by atoms with Crippen molar-refractivity contribution in [2.75, 3.05) is 12.4 Å². The number of anilines is 1. The molecule has 1 aliphatic rings. The maximum Gasteiger partial charge on any atom is 0.256 e. The number of alkyl halides is 2. The first-order chi connectivity index (χ1) is 15.5. The number of rotatable bonds is 6. The third-order valence-electron chi connectivity index (χ3n) is 6.14. The van der Waals surface area contributed by atoms with E-state index in [1.54, 1.807) is 24.7 Å². The van der Waals surface area contributed by atoms with Gasteiger partial charge in [0.25, 0.3) is 6.43 Å². The van der Waals surface area contributed by atoms with Crippen LogP contribution in [0.5, 0.6) is 0 Å². The van der Waals surface area contributed by atoms with Gasteiger partial charge in [0.15, 0.2) is 5.65 Å². The normalized spacial score (nSPS) is 19.3. The second-order valence-corrected chi connectivity index (χ2v) is 8.19. The van der Waals surface area contributed by atoms with Crippen molar-refractivity contribution in [1.29, 1.82) is 0 Å². The van der Waals surface area contributed by atoms with Crippen LogP contribution in [0.2, 0.25) is 0 Å². The van der Waals surface area contributed by atoms with Crippen molar-refractivity contribution in [2.24, 2.45) is 0 Å². The summed E-state index contributed by atoms with van der Waals surface area (Å²) in [5.41, 5.74) is 3.34. The van der Waals surface area contributed by atoms with Crippen molar-refractivity contribution in [3.8, 4) is 11.3 Å². The van der Waals surface area contributed by atoms with Crippen LogP contribution < -0.4 is 5.32 Å². The average molecular weight is 441 g/mol. The molecule has 32 heavy (non-hydrogen) atoms. The van der Waals surface area contributed by atoms with Gasteiger partial charge in [0.05, 0.1) is 30.1 Å². The van der Waals surface area contributed by atoms with Crippen molar-refractivity contribution in [1.82, 2.24) is 29.1 Å². The highest BCUT2D eigenvalue weighted by molar-refractivity contribution is 5.82. The summed E-state index contributed by atoms with van der Waals surface area (Å²) in [6.45, 7) is 1.28. The van der Waals surface area contributed by atoms with Gasteiger partial charge in [-0.25, -0.2) is 28.2 Å². The standard InChI is InChI=1S/C22H25F2N7O/c1-13-26-18-8-7-17(28-21(18)30(13)12-20(23)24)16-9-10-31-19(16)11-25-22(29-31)27-14-3-5-15(32-2)6-4-14/h7-11,14-15,20H,3-6,12H2,1-2H3,(H,27,29). The molecule has 4 aromatic rings. The number of hydrogen-bond donors (Lipinski definition) is 1. The zero-order chi connectivity index (χ0) is 22.2. The van der Waals surface area contributed by atoms with Crippen molar-refractivity contribution in [3.05, 3.63) is 36.4 Å². The summed E-state index contributed by atoms with van der Waals surface area (Å²) in [7, 11) is 1.76. The van der Waals surface area contributed by atoms with E-state index >= 15 is 0 Å². The van der Waals surface area contributed by atoms with Gasteiger partial charge < -0.3 is 14.6 Å². The Hall–Kier alpha value is -3.14. The second kappa shape index (κ2) is 8.42. The number of pyridine rings is 1. The second-order valence-electron chi connectivity index (χ2n) is 8.19. The molecule has 1 aliphatic carbocycles. The van der Waals surface area contributed by atoms with E-state index in [1.165, 1.54) is 4.57 Å². The molecule has 10 heteroatoms. The molecule has 0 aliphatic heterocycles. The summed E-state index contributed by atoms with van der Waals surface area (Å²) in [5, 5.41) is 8.02. The Balaban J connectivity index is 1.42. The number of halogens is 2. The summed E-state index contributed by atoms with van der Waals surface area (Å²) >= 11 is 0. The Morgan fingerprint density at radius 3 is 2.72 bits per heavy atom. The van der Waals surface area contributed by atoms with Crippen LogP contribution in [-0.4, -0.2) is 54.8 Å². The first-order valence-electron chi connectivity index (χ1n) is 10.8. The minimum absolute atomic E-state index is 0.330. The Kier molecular flexibility index (Phi) is 5.46. The Bertz CT molecular complexity index is 1240. The van der Waals surface area contributed by atoms with Crippen LogP contribution in [0.1, 0.15) is 31.5 Å². The lowest BCUT2D eigenvalue weighted by Gasteiger charge is -2.28. The monoisotopic (exact) mass is 441 g/mol. The van der Waals surface area contributed by atoms with Crippen LogP contribution in [0.25, 0.3) is 27.9 Å². The fourth-order valence-electron chi connectivity index (χ4n) is 4.43. The van der Waals surface area contributed by atoms with E-state index in [4.69, 9.17) is 4.74 Å². The van der Waals surface area contributed by atoms with Gasteiger partial charge in [-0.1, -0.05) is 0 Å². The van der Waals surface area contributed by atoms with E-state index in [9.17, 15) is 8.78 Å². The third-order valence-corrected chi connectivity index (χ3v) is 6.14. The summed E-state index contributed by atoms with van der Waals surface area (Å²) in [6, 6.07) is 5.89. The quantitative estimate of drug-likeness (QED) is 0.486. The lowest BCUT2D eigenvalue weighted by Crippen LogP contribution is -2.30. The number of methoxy groups -OCH3 is 1. The predicted molar refractivity (Wildman–Crippen MR) is 117 cm³/mol. The van der Waals surface area contributed by atoms with Crippen LogP contribution in [0.15, 0.2) is 30.6 Å². The summed E-state index contributed by atoms with van der Waals surface area (Å²) in [5.74, 6) is 1.10. The van der Waals surface area contributed by atoms with Crippen molar-refractivity contribution in [2.45, 2.75) is 57.7 Å². The summed E-state index contributed by atoms with van der Waals surface area (Å²) < 4.78 is 34.7. The van der Waals surface area contributed by atoms with Crippen LogP contribution in [0.3, 0.4) is 0 Å². The third kappa shape index (κ3) is 3.90. The highest BCUT2D eigenvalue weighted by Gasteiger charge is 2.22. The molecule has 0 saturated heterocycles. The zero-order valence-corrected chi connectivity index (χ0v) is 18.0. The number of imidazole rings is 1. The Morgan fingerprint density at radius 2 is 1.97 bits per heavy atom. The van der Waals surface area contributed by atoms with E-state index < -0.39 is 13.0 Å². The van der Waals surface area contributed by atoms with Gasteiger partial charge in [-0.2, -0.15) is 0 Å². The molecular formula is C22H25F2N7O. The SMILES string of the molecule is COC1CCC(Nc2ncc3c(-c4ccc5nc(C)n(CC(F)F)c5n4)ccn3n2)CC1. The number of ether oxygens (including phenoxy) is 1. The molecule has 5 rings (SSSR count). The highest BCUT2D eigenvalue weighted by atomic mass is 19.3. The summed E-state index contributed by atoms with van der Waals surface area (Å²) in [6.07, 6.45) is 5.58. The lowest BCUT2D eigenvalue weighted by atomic mass is 9.93. The Morgan fingerprint density at radius 1 is 1.16 bits per heavy atom. The average Bonchev–Trinajstić information content (AvgIpc) is 3.34. The first-order valence-corrected chi connectivity index (χ1v) is 10.8. The van der Waals surface area contributed by atoms with Crippen molar-refractivity contribution in [3.63, 3.8) is 0 Å². The smallest absolute Gasteiger partial charge is 0.256 e. The van der Waals surface area contributed by atoms with Gasteiger partial charge in [-0.3, -0.25) is 0 Å². The molecule has 0 aromatic carbocycles. The number of aryl methyl sites for hydroxylation is 1. The van der Waals surface area contributed by atoms with E-state index in [2.05, 4.69) is 25.4 Å². The molecule has 0 bridgehead atoms. The molecule has 4 heterocycles. The fraction of sp³-hybridized carbons (Fsp3) is 0.455. The van der Waals surface area contributed by atoms with Gasteiger partial charge in [0.1, 0.15) is 11.3 Å². The van der Waals surface area contributed by atoms with Crippen LogP contribution in [0.4, 0.5) is 14.7 Å². The fourth-order valence-corrected chi connectivity index (χ4v) is 4.43. The van der Waals surface area contributed by atoms with E-state index in [-0.39, 0.29) is 0 Å². The molecule has 0 spiro atoms. The highest BCUT2D eigenvalue weighted by Crippen LogP contribution is 2.27. The molecular weight excluding hydrogens is 416 g/mol. The predicted octanol–water partition coefficient (Wildman–Crippen LogP) is 4.08. The van der Waals surface area contributed by atoms with Crippen molar-refractivity contribution >= 4 is 22.6 Å². The van der Waals surface area contributed by atoms with Gasteiger partial charge in [-0.15, -0.1) is 5.10 Å². The van der Waals surface area contributed by atoms with E-state index in [0.29, 0.717) is 40.8 Å². The lowest BCUT2D eigenvalue weighted by molar-refractivity contribution is 0.0681. The molecule has 0 atom stereocenters. The maximum absolute atomic E-state index is 13.0. The minimum atomic E-state index is -2.48. The molecule has 0 unspecified atom stereocenters. The van der Waals surface area contributed by atoms with Crippen LogP contribution in [0, 0.1) is 6.92 Å². The maximum atomic E-state index is 13.0. The number of hydrogen-bond acceptors (Lipinski definition) is 6. The number of nitrogens with zero attached hydrogens (tertiary/aromatic N) is 6. The number of aromatic nitrogens is 6. The van der Waals surface area contributed by atoms with Gasteiger partial charge in [0.2, 0.25) is 5.95 Å². The topological polar surface area (TPSA) is 82.2 Å². The van der Waals surface area contributed by atoms with E-state index in [0.717, 1.165) is 36.8 Å². The molecule has 1 saturated carbocycles. The molecule has 1 N–H and O–H groups in total. The van der Waals surface area contributed by atoms with Crippen molar-refractivity contribution < 1.29 is 13.5 Å². The van der Waals surface area contributed by atoms with Gasteiger partial charge in [-0.05, 0) is 50.8 Å². The van der Waals surface area contributed by atoms with Gasteiger partial charge in [0, 0.05) is 24.9 Å². The van der Waals surface area contributed by atoms with Crippen LogP contribution in [-0.2, 0) is 11.3 Å². The molecule has 0 radical (unpaired) electrons. The Labute approximate surface area is 183 Å². The molecule has 0 amide bonds. The molecule has 1 fully saturated rings. The van der Waals surface area contributed by atoms with E-state index in [1.807, 2.05) is 24.4 Å². The van der Waals surface area contributed by atoms with Gasteiger partial charge >= 0.3 is 0 Å². The molecule has 4 aromatic heterocycles. The minimum Gasteiger partial charge on any atom is -0.381 e. The summed E-state index contributed by atoms with van der Waals surface area (Å²) in [4.78, 5) is 13.5. The number of nitrogens with one attached hydrogen (secondary N) is 1. The zero-order valence-electron chi connectivity index (χ0n) is 18.0. The largest absolute Gasteiger partial charge is 0.381 e. The molecule has 168 valence electrons.